The molecule has 0 saturated carbocycles. The van der Waals surface area contributed by atoms with E-state index in [1.165, 1.54) is 16.2 Å². The van der Waals surface area contributed by atoms with Crippen molar-refractivity contribution < 1.29 is 14.3 Å². The Bertz CT molecular complexity index is 793. The quantitative estimate of drug-likeness (QED) is 0.834. The summed E-state index contributed by atoms with van der Waals surface area (Å²) in [4.78, 5) is 30.1. The summed E-state index contributed by atoms with van der Waals surface area (Å²) in [6, 6.07) is 5.94. The molecule has 1 aliphatic heterocycles. The second-order valence-corrected chi connectivity index (χ2v) is 7.25. The molecule has 1 N–H and O–H groups in total. The van der Waals surface area contributed by atoms with Crippen LogP contribution in [0, 0.1) is 6.92 Å². The van der Waals surface area contributed by atoms with Crippen LogP contribution in [0.5, 0.6) is 0 Å². The Kier molecular flexibility index (Phi) is 5.55. The first kappa shape index (κ1) is 17.7. The molecule has 1 fully saturated rings. The van der Waals surface area contributed by atoms with Crippen molar-refractivity contribution in [2.75, 3.05) is 25.0 Å². The van der Waals surface area contributed by atoms with E-state index in [4.69, 9.17) is 16.3 Å². The predicted octanol–water partition coefficient (Wildman–Crippen LogP) is 3.48. The summed E-state index contributed by atoms with van der Waals surface area (Å²) >= 11 is 7.74. The van der Waals surface area contributed by atoms with Crippen LogP contribution in [-0.4, -0.2) is 41.6 Å². The molecule has 0 spiro atoms. The molecule has 1 aromatic heterocycles. The average molecular weight is 380 g/mol. The molecular formula is C17H18ClN3O3S. The summed E-state index contributed by atoms with van der Waals surface area (Å²) in [6.07, 6.45) is 2.28. The number of ether oxygens (including phenoxy) is 1. The molecule has 0 radical (unpaired) electrons. The standard InChI is InChI=1S/C17H18ClN3O3S/c1-11-3-2-4-12(15(11)18)9-13-10-19-16(25-13)20-14(22)5-6-21-7-8-24-17(21)23/h2-4,10H,5-9H2,1H3,(H,19,20,22). The molecule has 1 aromatic carbocycles. The van der Waals surface area contributed by atoms with E-state index in [2.05, 4.69) is 10.3 Å². The van der Waals surface area contributed by atoms with Gasteiger partial charge in [0, 0.05) is 35.5 Å². The zero-order valence-electron chi connectivity index (χ0n) is 13.8. The van der Waals surface area contributed by atoms with Crippen LogP contribution < -0.4 is 5.32 Å². The molecule has 6 nitrogen and oxygen atoms in total. The highest BCUT2D eigenvalue weighted by Gasteiger charge is 2.22. The second kappa shape index (κ2) is 7.84. The first-order valence-electron chi connectivity index (χ1n) is 7.93. The number of hydrogen-bond donors (Lipinski definition) is 1. The van der Waals surface area contributed by atoms with Crippen molar-refractivity contribution in [1.29, 1.82) is 0 Å². The lowest BCUT2D eigenvalue weighted by molar-refractivity contribution is -0.116. The number of hydrogen-bond acceptors (Lipinski definition) is 5. The first-order chi connectivity index (χ1) is 12.0. The summed E-state index contributed by atoms with van der Waals surface area (Å²) in [6.45, 7) is 3.24. The largest absolute Gasteiger partial charge is 0.448 e. The lowest BCUT2D eigenvalue weighted by atomic mass is 10.1. The predicted molar refractivity (Wildman–Crippen MR) is 97.3 cm³/mol. The van der Waals surface area contributed by atoms with Crippen LogP contribution in [0.2, 0.25) is 5.02 Å². The number of carbonyl (C=O) groups excluding carboxylic acids is 2. The number of rotatable bonds is 6. The van der Waals surface area contributed by atoms with Gasteiger partial charge < -0.3 is 15.0 Å². The van der Waals surface area contributed by atoms with Crippen LogP contribution in [-0.2, 0) is 16.0 Å². The average Bonchev–Trinajstić information content (AvgIpc) is 3.19. The first-order valence-corrected chi connectivity index (χ1v) is 9.12. The fourth-order valence-electron chi connectivity index (χ4n) is 2.53. The van der Waals surface area contributed by atoms with Gasteiger partial charge in [-0.2, -0.15) is 0 Å². The third-order valence-electron chi connectivity index (χ3n) is 3.89. The fraction of sp³-hybridized carbons (Fsp3) is 0.353. The van der Waals surface area contributed by atoms with Gasteiger partial charge in [0.25, 0.3) is 0 Å². The van der Waals surface area contributed by atoms with Gasteiger partial charge in [0.2, 0.25) is 5.91 Å². The van der Waals surface area contributed by atoms with Crippen LogP contribution in [0.1, 0.15) is 22.4 Å². The van der Waals surface area contributed by atoms with Gasteiger partial charge in [-0.05, 0) is 18.1 Å². The number of aryl methyl sites for hydroxylation is 1. The van der Waals surface area contributed by atoms with E-state index >= 15 is 0 Å². The molecule has 132 valence electrons. The number of cyclic esters (lactones) is 1. The zero-order chi connectivity index (χ0) is 17.8. The molecule has 1 aliphatic rings. The minimum Gasteiger partial charge on any atom is -0.448 e. The Morgan fingerprint density at radius 2 is 2.32 bits per heavy atom. The number of amides is 2. The molecule has 0 atom stereocenters. The van der Waals surface area contributed by atoms with Gasteiger partial charge in [-0.15, -0.1) is 11.3 Å². The molecule has 2 heterocycles. The van der Waals surface area contributed by atoms with E-state index in [1.807, 2.05) is 25.1 Å². The fourth-order valence-corrected chi connectivity index (χ4v) is 3.57. The SMILES string of the molecule is Cc1cccc(Cc2cnc(NC(=O)CCN3CCOC3=O)s2)c1Cl. The van der Waals surface area contributed by atoms with Crippen LogP contribution in [0.25, 0.3) is 0 Å². The second-order valence-electron chi connectivity index (χ2n) is 5.76. The van der Waals surface area contributed by atoms with Crippen LogP contribution >= 0.6 is 22.9 Å². The Labute approximate surface area is 154 Å². The Morgan fingerprint density at radius 1 is 1.48 bits per heavy atom. The van der Waals surface area contributed by atoms with Gasteiger partial charge in [0.15, 0.2) is 5.13 Å². The highest BCUT2D eigenvalue weighted by Crippen LogP contribution is 2.26. The normalized spacial score (nSPS) is 13.8. The summed E-state index contributed by atoms with van der Waals surface area (Å²) in [5, 5.41) is 4.08. The number of thiazole rings is 1. The van der Waals surface area contributed by atoms with E-state index in [9.17, 15) is 9.59 Å². The Morgan fingerprint density at radius 3 is 3.08 bits per heavy atom. The number of nitrogens with zero attached hydrogens (tertiary/aromatic N) is 2. The van der Waals surface area contributed by atoms with Crippen molar-refractivity contribution >= 4 is 40.1 Å². The van der Waals surface area contributed by atoms with Crippen LogP contribution in [0.3, 0.4) is 0 Å². The maximum absolute atomic E-state index is 12.0. The van der Waals surface area contributed by atoms with Gasteiger partial charge in [0.05, 0.1) is 6.54 Å². The molecule has 1 saturated heterocycles. The number of halogens is 1. The van der Waals surface area contributed by atoms with Crippen LogP contribution in [0.15, 0.2) is 24.4 Å². The van der Waals surface area contributed by atoms with Crippen molar-refractivity contribution in [2.45, 2.75) is 19.8 Å². The lowest BCUT2D eigenvalue weighted by Crippen LogP contribution is -2.28. The maximum atomic E-state index is 12.0. The molecule has 3 rings (SSSR count). The number of carbonyl (C=O) groups is 2. The van der Waals surface area contributed by atoms with Crippen molar-refractivity contribution in [3.05, 3.63) is 45.4 Å². The number of aromatic nitrogens is 1. The van der Waals surface area contributed by atoms with Gasteiger partial charge in [-0.3, -0.25) is 4.79 Å². The lowest BCUT2D eigenvalue weighted by Gasteiger charge is -2.11. The molecule has 0 unspecified atom stereocenters. The van der Waals surface area contributed by atoms with Crippen LogP contribution in [0.4, 0.5) is 9.93 Å². The van der Waals surface area contributed by atoms with Gasteiger partial charge in [0.1, 0.15) is 6.61 Å². The summed E-state index contributed by atoms with van der Waals surface area (Å²) in [5.74, 6) is -0.172. The maximum Gasteiger partial charge on any atom is 0.409 e. The third kappa shape index (κ3) is 4.49. The number of nitrogens with one attached hydrogen (secondary N) is 1. The highest BCUT2D eigenvalue weighted by atomic mass is 35.5. The van der Waals surface area contributed by atoms with Crippen molar-refractivity contribution in [3.8, 4) is 0 Å². The molecule has 8 heteroatoms. The summed E-state index contributed by atoms with van der Waals surface area (Å²) in [5.41, 5.74) is 2.08. The topological polar surface area (TPSA) is 71.5 Å². The Hall–Kier alpha value is -2.12. The van der Waals surface area contributed by atoms with Gasteiger partial charge in [-0.25, -0.2) is 9.78 Å². The monoisotopic (exact) mass is 379 g/mol. The molecule has 0 bridgehead atoms. The van der Waals surface area contributed by atoms with Gasteiger partial charge >= 0.3 is 6.09 Å². The zero-order valence-corrected chi connectivity index (χ0v) is 15.3. The van der Waals surface area contributed by atoms with E-state index in [-0.39, 0.29) is 18.4 Å². The van der Waals surface area contributed by atoms with E-state index in [0.29, 0.717) is 31.2 Å². The Balaban J connectivity index is 1.53. The molecule has 2 aromatic rings. The minimum absolute atomic E-state index is 0.172. The van der Waals surface area contributed by atoms with Crippen molar-refractivity contribution in [2.24, 2.45) is 0 Å². The van der Waals surface area contributed by atoms with Crippen molar-refractivity contribution in [1.82, 2.24) is 9.88 Å². The molecule has 25 heavy (non-hydrogen) atoms. The highest BCUT2D eigenvalue weighted by molar-refractivity contribution is 7.15. The molecule has 2 amide bonds. The minimum atomic E-state index is -0.362. The van der Waals surface area contributed by atoms with Gasteiger partial charge in [-0.1, -0.05) is 29.8 Å². The van der Waals surface area contributed by atoms with Crippen molar-refractivity contribution in [3.63, 3.8) is 0 Å². The van der Waals surface area contributed by atoms with E-state index in [1.54, 1.807) is 6.20 Å². The molecular weight excluding hydrogens is 362 g/mol. The van der Waals surface area contributed by atoms with E-state index in [0.717, 1.165) is 21.0 Å². The smallest absolute Gasteiger partial charge is 0.409 e. The molecule has 0 aliphatic carbocycles. The summed E-state index contributed by atoms with van der Waals surface area (Å²) in [7, 11) is 0. The third-order valence-corrected chi connectivity index (χ3v) is 5.34. The van der Waals surface area contributed by atoms with E-state index < -0.39 is 0 Å². The number of benzene rings is 1. The number of anilines is 1. The summed E-state index contributed by atoms with van der Waals surface area (Å²) < 4.78 is 4.83.